The predicted molar refractivity (Wildman–Crippen MR) is 105 cm³/mol. The lowest BCUT2D eigenvalue weighted by molar-refractivity contribution is -0.139. The molecule has 0 bridgehead atoms. The molecule has 0 spiro atoms. The van der Waals surface area contributed by atoms with Gasteiger partial charge < -0.3 is 15.2 Å². The first kappa shape index (κ1) is 20.3. The highest BCUT2D eigenvalue weighted by Crippen LogP contribution is 2.50. The number of nitrogens with two attached hydrogens (primary N) is 1. The van der Waals surface area contributed by atoms with Gasteiger partial charge in [0.1, 0.15) is 5.82 Å². The Morgan fingerprint density at radius 2 is 1.93 bits per heavy atom. The summed E-state index contributed by atoms with van der Waals surface area (Å²) in [5.41, 5.74) is 6.87. The first-order valence-corrected chi connectivity index (χ1v) is 9.83. The third kappa shape index (κ3) is 3.16. The Morgan fingerprint density at radius 3 is 2.54 bits per heavy atom. The number of nitrogens with zero attached hydrogens (tertiary/aromatic N) is 1. The zero-order valence-corrected chi connectivity index (χ0v) is 17.1. The molecule has 2 aliphatic heterocycles. The van der Waals surface area contributed by atoms with Gasteiger partial charge in [-0.1, -0.05) is 41.6 Å². The van der Waals surface area contributed by atoms with Crippen LogP contribution in [0, 0.1) is 0 Å². The van der Waals surface area contributed by atoms with Crippen LogP contribution in [0.4, 0.5) is 0 Å². The summed E-state index contributed by atoms with van der Waals surface area (Å²) in [6, 6.07) is 6.82. The van der Waals surface area contributed by atoms with Crippen LogP contribution in [0.3, 0.4) is 0 Å². The zero-order chi connectivity index (χ0) is 20.6. The average Bonchev–Trinajstić information content (AvgIpc) is 2.96. The number of rotatable bonds is 4. The van der Waals surface area contributed by atoms with E-state index in [1.165, 1.54) is 23.8 Å². The van der Waals surface area contributed by atoms with Crippen molar-refractivity contribution >= 4 is 41.2 Å². The minimum atomic E-state index is -0.919. The van der Waals surface area contributed by atoms with E-state index < -0.39 is 23.1 Å². The number of ether oxygens (including phenoxy) is 2. The standard InChI is InChI=1S/C19H19ClN2O5S/c1-4-27-19(25)14-12(10-7-5-6-8-11(10)20)13(18(24)26-3)15(21)22-16(23)9(2)28-17(14)22/h5-9,12H,4,21H2,1-3H3/t9-,12-/m1/s1. The first-order chi connectivity index (χ1) is 13.3. The van der Waals surface area contributed by atoms with E-state index in [4.69, 9.17) is 26.8 Å². The van der Waals surface area contributed by atoms with Crippen LogP contribution in [0.2, 0.25) is 5.02 Å². The molecule has 2 heterocycles. The number of amides is 1. The van der Waals surface area contributed by atoms with Crippen molar-refractivity contribution in [2.45, 2.75) is 25.0 Å². The van der Waals surface area contributed by atoms with Gasteiger partial charge in [-0.2, -0.15) is 0 Å². The van der Waals surface area contributed by atoms with Crippen LogP contribution in [0.1, 0.15) is 25.3 Å². The highest BCUT2D eigenvalue weighted by Gasteiger charge is 2.49. The average molecular weight is 423 g/mol. The van der Waals surface area contributed by atoms with Crippen molar-refractivity contribution in [1.29, 1.82) is 0 Å². The van der Waals surface area contributed by atoms with Crippen molar-refractivity contribution in [3.63, 3.8) is 0 Å². The van der Waals surface area contributed by atoms with Crippen LogP contribution in [0.5, 0.6) is 0 Å². The van der Waals surface area contributed by atoms with Gasteiger partial charge in [-0.05, 0) is 25.5 Å². The maximum absolute atomic E-state index is 12.9. The minimum Gasteiger partial charge on any atom is -0.466 e. The van der Waals surface area contributed by atoms with Crippen LogP contribution < -0.4 is 5.73 Å². The monoisotopic (exact) mass is 422 g/mol. The van der Waals surface area contributed by atoms with Crippen LogP contribution in [-0.2, 0) is 23.9 Å². The van der Waals surface area contributed by atoms with Gasteiger partial charge in [0.2, 0.25) is 5.91 Å². The third-order valence-corrected chi connectivity index (χ3v) is 6.03. The summed E-state index contributed by atoms with van der Waals surface area (Å²) in [5, 5.41) is 0.229. The lowest BCUT2D eigenvalue weighted by atomic mass is 9.82. The van der Waals surface area contributed by atoms with Crippen molar-refractivity contribution in [3.05, 3.63) is 56.8 Å². The quantitative estimate of drug-likeness (QED) is 0.744. The molecule has 0 radical (unpaired) electrons. The number of hydrogen-bond donors (Lipinski definition) is 1. The summed E-state index contributed by atoms with van der Waals surface area (Å²) in [7, 11) is 1.21. The molecule has 0 aliphatic carbocycles. The summed E-state index contributed by atoms with van der Waals surface area (Å²) in [4.78, 5) is 39.4. The highest BCUT2D eigenvalue weighted by molar-refractivity contribution is 8.04. The number of hydrogen-bond acceptors (Lipinski definition) is 7. The summed E-state index contributed by atoms with van der Waals surface area (Å²) in [6.07, 6.45) is 0. The van der Waals surface area contributed by atoms with Crippen molar-refractivity contribution in [2.75, 3.05) is 13.7 Å². The normalized spacial score (nSPS) is 21.7. The van der Waals surface area contributed by atoms with Gasteiger partial charge in [0.25, 0.3) is 0 Å². The molecular weight excluding hydrogens is 404 g/mol. The molecule has 1 amide bonds. The highest BCUT2D eigenvalue weighted by atomic mass is 35.5. The second kappa shape index (κ2) is 7.89. The molecule has 0 unspecified atom stereocenters. The molecule has 1 fully saturated rings. The van der Waals surface area contributed by atoms with Gasteiger partial charge in [0.05, 0.1) is 41.1 Å². The van der Waals surface area contributed by atoms with E-state index in [9.17, 15) is 14.4 Å². The summed E-state index contributed by atoms with van der Waals surface area (Å²) >= 11 is 7.58. The minimum absolute atomic E-state index is 0.0227. The van der Waals surface area contributed by atoms with Gasteiger partial charge in [0.15, 0.2) is 0 Å². The van der Waals surface area contributed by atoms with Gasteiger partial charge in [0, 0.05) is 5.02 Å². The van der Waals surface area contributed by atoms with E-state index in [1.807, 2.05) is 0 Å². The molecule has 3 rings (SSSR count). The number of methoxy groups -OCH3 is 1. The molecule has 148 valence electrons. The second-order valence-electron chi connectivity index (χ2n) is 6.12. The fourth-order valence-corrected chi connectivity index (χ4v) is 4.68. The zero-order valence-electron chi connectivity index (χ0n) is 15.5. The summed E-state index contributed by atoms with van der Waals surface area (Å²) in [6.45, 7) is 3.51. The van der Waals surface area contributed by atoms with E-state index in [0.717, 1.165) is 0 Å². The van der Waals surface area contributed by atoms with E-state index in [1.54, 1.807) is 38.1 Å². The van der Waals surface area contributed by atoms with E-state index in [0.29, 0.717) is 15.6 Å². The maximum Gasteiger partial charge on any atom is 0.338 e. The fraction of sp³-hybridized carbons (Fsp3) is 0.316. The molecular formula is C19H19ClN2O5S. The molecule has 0 aromatic heterocycles. The van der Waals surface area contributed by atoms with Gasteiger partial charge in [-0.25, -0.2) is 9.59 Å². The molecule has 1 saturated heterocycles. The lowest BCUT2D eigenvalue weighted by Gasteiger charge is -2.33. The van der Waals surface area contributed by atoms with Crippen molar-refractivity contribution in [1.82, 2.24) is 4.90 Å². The van der Waals surface area contributed by atoms with E-state index in [-0.39, 0.29) is 29.5 Å². The number of carbonyl (C=O) groups excluding carboxylic acids is 3. The Bertz CT molecular complexity index is 927. The number of carbonyl (C=O) groups is 3. The fourth-order valence-electron chi connectivity index (χ4n) is 3.27. The molecule has 2 atom stereocenters. The Balaban J connectivity index is 2.34. The molecule has 9 heteroatoms. The second-order valence-corrected chi connectivity index (χ2v) is 7.85. The Hall–Kier alpha value is -2.45. The SMILES string of the molecule is CCOC(=O)C1=C2S[C@H](C)C(=O)N2C(N)=C(C(=O)OC)[C@H]1c1ccccc1Cl. The topological polar surface area (TPSA) is 98.9 Å². The number of esters is 2. The number of thioether (sulfide) groups is 1. The number of fused-ring (bicyclic) bond motifs is 1. The van der Waals surface area contributed by atoms with E-state index in [2.05, 4.69) is 0 Å². The van der Waals surface area contributed by atoms with Crippen LogP contribution in [0.15, 0.2) is 46.3 Å². The van der Waals surface area contributed by atoms with Gasteiger partial charge >= 0.3 is 11.9 Å². The Morgan fingerprint density at radius 1 is 1.25 bits per heavy atom. The van der Waals surface area contributed by atoms with Crippen LogP contribution in [0.25, 0.3) is 0 Å². The molecule has 1 aromatic carbocycles. The van der Waals surface area contributed by atoms with Crippen LogP contribution >= 0.6 is 23.4 Å². The van der Waals surface area contributed by atoms with E-state index >= 15 is 0 Å². The lowest BCUT2D eigenvalue weighted by Crippen LogP contribution is -2.40. The number of halogens is 1. The largest absolute Gasteiger partial charge is 0.466 e. The molecule has 0 saturated carbocycles. The van der Waals surface area contributed by atoms with Crippen molar-refractivity contribution in [2.24, 2.45) is 5.73 Å². The molecule has 7 nitrogen and oxygen atoms in total. The van der Waals surface area contributed by atoms with Crippen LogP contribution in [-0.4, -0.2) is 41.7 Å². The van der Waals surface area contributed by atoms with Crippen molar-refractivity contribution < 1.29 is 23.9 Å². The van der Waals surface area contributed by atoms with Crippen molar-refractivity contribution in [3.8, 4) is 0 Å². The van der Waals surface area contributed by atoms with Gasteiger partial charge in [-0.3, -0.25) is 9.69 Å². The Labute approximate surface area is 171 Å². The molecule has 28 heavy (non-hydrogen) atoms. The molecule has 1 aromatic rings. The first-order valence-electron chi connectivity index (χ1n) is 8.57. The smallest absolute Gasteiger partial charge is 0.338 e. The third-order valence-electron chi connectivity index (χ3n) is 4.50. The molecule has 2 N–H and O–H groups in total. The molecule has 2 aliphatic rings. The maximum atomic E-state index is 12.9. The van der Waals surface area contributed by atoms with Gasteiger partial charge in [-0.15, -0.1) is 0 Å². The Kier molecular flexibility index (Phi) is 5.71. The predicted octanol–water partition coefficient (Wildman–Crippen LogP) is 2.52. The number of benzene rings is 1. The summed E-state index contributed by atoms with van der Waals surface area (Å²) in [5.74, 6) is -2.70. The summed E-state index contributed by atoms with van der Waals surface area (Å²) < 4.78 is 10.2.